The van der Waals surface area contributed by atoms with Crippen LogP contribution >= 0.6 is 0 Å². The van der Waals surface area contributed by atoms with Gasteiger partial charge >= 0.3 is 20.4 Å². The van der Waals surface area contributed by atoms with Gasteiger partial charge < -0.3 is 9.97 Å². The van der Waals surface area contributed by atoms with E-state index in [2.05, 4.69) is 97.1 Å². The maximum Gasteiger partial charge on any atom is 2.00 e. The van der Waals surface area contributed by atoms with Crippen LogP contribution < -0.4 is 9.97 Å². The summed E-state index contributed by atoms with van der Waals surface area (Å²) in [4.78, 5) is 23.7. The van der Waals surface area contributed by atoms with Crippen LogP contribution in [0.5, 0.6) is 0 Å². The van der Waals surface area contributed by atoms with Crippen LogP contribution in [0.2, 0.25) is 0 Å². The summed E-state index contributed by atoms with van der Waals surface area (Å²) in [7, 11) is 0. The van der Waals surface area contributed by atoms with Crippen molar-refractivity contribution in [3.8, 4) is 89.5 Å². The van der Waals surface area contributed by atoms with Crippen molar-refractivity contribution < 1.29 is 38.0 Å². The Morgan fingerprint density at radius 3 is 0.624 bits per heavy atom. The second-order valence-electron chi connectivity index (χ2n) is 21.7. The van der Waals surface area contributed by atoms with Crippen molar-refractivity contribution in [3.05, 3.63) is 266 Å². The predicted octanol–water partition coefficient (Wildman–Crippen LogP) is 20.4. The first kappa shape index (κ1) is 50.4. The van der Waals surface area contributed by atoms with Crippen LogP contribution in [0.1, 0.15) is 0 Å². The van der Waals surface area contributed by atoms with Crippen LogP contribution in [0, 0.1) is 23.3 Å². The molecule has 2 aliphatic heterocycles. The Morgan fingerprint density at radius 1 is 0.235 bits per heavy atom. The number of rotatable bonds is 4. The summed E-state index contributed by atoms with van der Waals surface area (Å²) in [5.74, 6) is -1.62. The molecule has 0 radical (unpaired) electrons. The number of aromatic nitrogens is 4. The molecule has 4 nitrogen and oxygen atoms in total. The molecule has 0 amide bonds. The van der Waals surface area contributed by atoms with Gasteiger partial charge in [-0.05, 0) is 206 Å². The van der Waals surface area contributed by atoms with Crippen molar-refractivity contribution >= 4 is 86.7 Å². The van der Waals surface area contributed by atoms with Crippen molar-refractivity contribution in [2.75, 3.05) is 0 Å². The van der Waals surface area contributed by atoms with Crippen LogP contribution in [0.25, 0.3) is 176 Å². The van der Waals surface area contributed by atoms with Gasteiger partial charge in [-0.2, -0.15) is 0 Å². The van der Waals surface area contributed by atoms with E-state index in [9.17, 15) is 0 Å². The van der Waals surface area contributed by atoms with Crippen molar-refractivity contribution in [2.24, 2.45) is 0 Å². The van der Waals surface area contributed by atoms with E-state index in [4.69, 9.17) is 19.9 Å². The van der Waals surface area contributed by atoms with Crippen LogP contribution in [-0.2, 0) is 20.4 Å². The molecule has 3 aliphatic rings. The quantitative estimate of drug-likeness (QED) is 0.130. The summed E-state index contributed by atoms with van der Waals surface area (Å²) in [5, 5.41) is 11.0. The van der Waals surface area contributed by atoms with Gasteiger partial charge in [0, 0.05) is 22.3 Å². The van der Waals surface area contributed by atoms with E-state index in [1.807, 2.05) is 48.5 Å². The molecule has 8 bridgehead atoms. The molecule has 0 unspecified atom stereocenters. The number of nitrogens with zero attached hydrogens (tertiary/aromatic N) is 4. The number of halogens is 4. The van der Waals surface area contributed by atoms with E-state index in [1.54, 1.807) is 48.5 Å². The smallest absolute Gasteiger partial charge is 0.656 e. The van der Waals surface area contributed by atoms with Gasteiger partial charge in [0.2, 0.25) is 0 Å². The topological polar surface area (TPSA) is 54.0 Å². The van der Waals surface area contributed by atoms with E-state index in [0.29, 0.717) is 89.4 Å². The standard InChI is InChI=1S/C76H40F4N4.Pd/c77-53-25-17-41(18-26-53)65-69-57-33-45-9-1-2-10-46(45)34-58(57)70(81-69)66(42-19-27-54(78)28-20-42)72-61-37-49-13-5-6-14-50(49)38-62(61)74(83-72)68(44-23-31-56(80)32-24-44)76-64-40-52-16-8-7-15-51(52)39-63(64)75(84-76)67(43-21-29-55(79)30-22-43)73-60-36-48-12-4-3-11-47(48)35-59(60)71(65)82-73;/h1-40H;/q-2;+2. The monoisotopic (exact) mass is 1190 g/mol. The third kappa shape index (κ3) is 8.00. The van der Waals surface area contributed by atoms with Crippen LogP contribution in [0.4, 0.5) is 17.6 Å². The zero-order valence-corrected chi connectivity index (χ0v) is 46.3. The number of benzene rings is 12. The molecule has 4 heterocycles. The van der Waals surface area contributed by atoms with E-state index in [-0.39, 0.29) is 20.4 Å². The van der Waals surface area contributed by atoms with Crippen LogP contribution in [0.15, 0.2) is 243 Å². The van der Waals surface area contributed by atoms with Crippen molar-refractivity contribution in [2.45, 2.75) is 0 Å². The summed E-state index contributed by atoms with van der Waals surface area (Å²) >= 11 is 0. The maximum atomic E-state index is 15.5. The minimum absolute atomic E-state index is 0. The third-order valence-electron chi connectivity index (χ3n) is 16.9. The molecule has 14 aromatic rings. The van der Waals surface area contributed by atoms with Gasteiger partial charge in [0.1, 0.15) is 23.3 Å². The Bertz CT molecular complexity index is 4840. The summed E-state index contributed by atoms with van der Waals surface area (Å²) in [6.07, 6.45) is 0. The SMILES string of the molecule is Fc1ccc(-c2c3nc(c(-c4ccc(F)cc4)c4[n-]c(c(-c5ccc(F)cc5)c5nc(c(-c6ccc(F)cc6)c6[n-]c2c2cc7ccccc7cc62)-c2cc6ccccc6cc2-5)c2cc5ccccc5cc42)-c2cc4ccccc4cc2-3)cc1.[Pd+2]. The van der Waals surface area contributed by atoms with E-state index in [0.717, 1.165) is 86.9 Å². The molecule has 85 heavy (non-hydrogen) atoms. The van der Waals surface area contributed by atoms with Crippen molar-refractivity contribution in [1.82, 2.24) is 19.9 Å². The van der Waals surface area contributed by atoms with E-state index in [1.165, 1.54) is 48.5 Å². The first-order valence-electron chi connectivity index (χ1n) is 27.8. The first-order chi connectivity index (χ1) is 41.2. The minimum Gasteiger partial charge on any atom is -0.656 e. The van der Waals surface area contributed by atoms with Gasteiger partial charge in [0.25, 0.3) is 0 Å². The normalized spacial score (nSPS) is 11.9. The number of hydrogen-bond donors (Lipinski definition) is 0. The average molecular weight is 1190 g/mol. The number of hydrogen-bond acceptors (Lipinski definition) is 2. The van der Waals surface area contributed by atoms with Crippen LogP contribution in [-0.4, -0.2) is 9.97 Å². The molecule has 0 spiro atoms. The summed E-state index contributed by atoms with van der Waals surface area (Å²) in [6, 6.07) is 76.0. The first-order valence-corrected chi connectivity index (χ1v) is 27.8. The zero-order chi connectivity index (χ0) is 55.9. The molecular weight excluding hydrogens is 1150 g/mol. The third-order valence-corrected chi connectivity index (χ3v) is 16.9. The molecule has 0 saturated carbocycles. The van der Waals surface area contributed by atoms with Crippen molar-refractivity contribution in [3.63, 3.8) is 0 Å². The van der Waals surface area contributed by atoms with Gasteiger partial charge in [-0.25, -0.2) is 27.5 Å². The maximum absolute atomic E-state index is 15.5. The van der Waals surface area contributed by atoms with Gasteiger partial charge in [-0.15, -0.1) is 22.1 Å². The molecule has 2 aromatic heterocycles. The average Bonchev–Trinajstić information content (AvgIpc) is 1.68. The fraction of sp³-hybridized carbons (Fsp3) is 0. The molecule has 402 valence electrons. The fourth-order valence-corrected chi connectivity index (χ4v) is 13.0. The van der Waals surface area contributed by atoms with E-state index < -0.39 is 23.3 Å². The van der Waals surface area contributed by atoms with Gasteiger partial charge in [0.15, 0.2) is 0 Å². The van der Waals surface area contributed by atoms with Crippen molar-refractivity contribution in [1.29, 1.82) is 0 Å². The summed E-state index contributed by atoms with van der Waals surface area (Å²) in [5.41, 5.74) is 13.1. The van der Waals surface area contributed by atoms with Gasteiger partial charge in [-0.3, -0.25) is 0 Å². The molecular formula is C76H40F4N4Pd. The zero-order valence-electron chi connectivity index (χ0n) is 44.7. The molecule has 17 rings (SSSR count). The van der Waals surface area contributed by atoms with E-state index >= 15 is 17.6 Å². The Hall–Kier alpha value is -10.3. The predicted molar refractivity (Wildman–Crippen MR) is 334 cm³/mol. The summed E-state index contributed by atoms with van der Waals surface area (Å²) < 4.78 is 61.9. The molecule has 0 N–H and O–H groups in total. The Kier molecular flexibility index (Phi) is 11.5. The minimum atomic E-state index is -0.405. The second kappa shape index (κ2) is 19.4. The molecule has 0 atom stereocenters. The summed E-state index contributed by atoms with van der Waals surface area (Å²) in [6.45, 7) is 0. The molecule has 12 aromatic carbocycles. The Morgan fingerprint density at radius 2 is 0.424 bits per heavy atom. The second-order valence-corrected chi connectivity index (χ2v) is 21.7. The van der Waals surface area contributed by atoms with Gasteiger partial charge in [-0.1, -0.05) is 146 Å². The molecule has 1 aliphatic carbocycles. The Balaban J connectivity index is 0.00000588. The van der Waals surface area contributed by atoms with Gasteiger partial charge in [0.05, 0.1) is 22.8 Å². The molecule has 0 saturated heterocycles. The van der Waals surface area contributed by atoms with Crippen LogP contribution in [0.3, 0.4) is 0 Å². The fourth-order valence-electron chi connectivity index (χ4n) is 13.0. The molecule has 9 heteroatoms. The molecule has 0 fully saturated rings. The number of fused-ring (bicyclic) bond motifs is 4. The largest absolute Gasteiger partial charge is 2.00 e. The Labute approximate surface area is 497 Å².